The third-order valence-corrected chi connectivity index (χ3v) is 3.18. The Morgan fingerprint density at radius 1 is 1.38 bits per heavy atom. The maximum absolute atomic E-state index is 5.47. The molecule has 2 heterocycles. The fourth-order valence-corrected chi connectivity index (χ4v) is 2.06. The Bertz CT molecular complexity index is 270. The van der Waals surface area contributed by atoms with Gasteiger partial charge in [-0.3, -0.25) is 0 Å². The second-order valence-electron chi connectivity index (χ2n) is 3.04. The Labute approximate surface area is 81.6 Å². The molecule has 0 spiro atoms. The maximum Gasteiger partial charge on any atom is 0.117 e. The molecule has 4 heteroatoms. The zero-order valence-electron chi connectivity index (χ0n) is 7.36. The Morgan fingerprint density at radius 3 is 2.69 bits per heavy atom. The summed E-state index contributed by atoms with van der Waals surface area (Å²) in [7, 11) is 0. The number of nitrogens with two attached hydrogens (primary N) is 1. The first-order valence-electron chi connectivity index (χ1n) is 4.35. The standard InChI is InChI=1S/C9H13NO2S/c10-3-7-1-2-8(12-7)6-13-9-4-11-5-9/h1-2,9H,3-6,10H2. The lowest BCUT2D eigenvalue weighted by molar-refractivity contribution is 0.0454. The van der Waals surface area contributed by atoms with Gasteiger partial charge in [-0.15, -0.1) is 11.8 Å². The van der Waals surface area contributed by atoms with Crippen LogP contribution in [0.3, 0.4) is 0 Å². The van der Waals surface area contributed by atoms with E-state index in [-0.39, 0.29) is 0 Å². The van der Waals surface area contributed by atoms with Crippen LogP contribution in [0, 0.1) is 0 Å². The Kier molecular flexibility index (Phi) is 2.93. The van der Waals surface area contributed by atoms with Crippen molar-refractivity contribution in [3.05, 3.63) is 23.7 Å². The van der Waals surface area contributed by atoms with Crippen molar-refractivity contribution < 1.29 is 9.15 Å². The van der Waals surface area contributed by atoms with Gasteiger partial charge in [-0.1, -0.05) is 0 Å². The Balaban J connectivity index is 1.79. The van der Waals surface area contributed by atoms with Crippen LogP contribution in [0.15, 0.2) is 16.5 Å². The van der Waals surface area contributed by atoms with Crippen LogP contribution >= 0.6 is 11.8 Å². The molecule has 1 saturated heterocycles. The summed E-state index contributed by atoms with van der Waals surface area (Å²) in [4.78, 5) is 0. The minimum Gasteiger partial charge on any atom is -0.464 e. The van der Waals surface area contributed by atoms with E-state index in [0.717, 1.165) is 30.5 Å². The zero-order chi connectivity index (χ0) is 9.10. The minimum absolute atomic E-state index is 0.483. The van der Waals surface area contributed by atoms with Gasteiger partial charge in [0.25, 0.3) is 0 Å². The van der Waals surface area contributed by atoms with E-state index in [0.29, 0.717) is 11.8 Å². The zero-order valence-corrected chi connectivity index (χ0v) is 8.18. The summed E-state index contributed by atoms with van der Waals surface area (Å²) in [5.41, 5.74) is 5.44. The van der Waals surface area contributed by atoms with Gasteiger partial charge in [0.15, 0.2) is 0 Å². The monoisotopic (exact) mass is 199 g/mol. The van der Waals surface area contributed by atoms with Gasteiger partial charge in [0, 0.05) is 0 Å². The molecule has 2 rings (SSSR count). The number of furan rings is 1. The summed E-state index contributed by atoms with van der Waals surface area (Å²) < 4.78 is 10.5. The van der Waals surface area contributed by atoms with Crippen molar-refractivity contribution >= 4 is 11.8 Å². The van der Waals surface area contributed by atoms with Crippen molar-refractivity contribution in [1.29, 1.82) is 0 Å². The van der Waals surface area contributed by atoms with Crippen molar-refractivity contribution in [2.45, 2.75) is 17.5 Å². The fraction of sp³-hybridized carbons (Fsp3) is 0.556. The average molecular weight is 199 g/mol. The van der Waals surface area contributed by atoms with Gasteiger partial charge < -0.3 is 14.9 Å². The molecular formula is C9H13NO2S. The summed E-state index contributed by atoms with van der Waals surface area (Å²) in [6.45, 7) is 2.25. The van der Waals surface area contributed by atoms with Crippen LogP contribution in [-0.4, -0.2) is 18.5 Å². The predicted molar refractivity (Wildman–Crippen MR) is 52.5 cm³/mol. The molecule has 0 aliphatic carbocycles. The molecule has 0 bridgehead atoms. The molecule has 0 unspecified atom stereocenters. The van der Waals surface area contributed by atoms with E-state index in [9.17, 15) is 0 Å². The van der Waals surface area contributed by atoms with Gasteiger partial charge in [-0.05, 0) is 12.1 Å². The lowest BCUT2D eigenvalue weighted by Crippen LogP contribution is -2.30. The molecule has 0 aromatic carbocycles. The molecule has 2 N–H and O–H groups in total. The van der Waals surface area contributed by atoms with Crippen LogP contribution in [0.4, 0.5) is 0 Å². The first-order chi connectivity index (χ1) is 6.38. The molecule has 0 atom stereocenters. The van der Waals surface area contributed by atoms with Gasteiger partial charge in [0.2, 0.25) is 0 Å². The SMILES string of the molecule is NCc1ccc(CSC2COC2)o1. The molecule has 1 aromatic rings. The van der Waals surface area contributed by atoms with E-state index < -0.39 is 0 Å². The maximum atomic E-state index is 5.47. The first-order valence-corrected chi connectivity index (χ1v) is 5.40. The highest BCUT2D eigenvalue weighted by Crippen LogP contribution is 2.24. The van der Waals surface area contributed by atoms with E-state index >= 15 is 0 Å². The van der Waals surface area contributed by atoms with Crippen molar-refractivity contribution in [1.82, 2.24) is 0 Å². The summed E-state index contributed by atoms with van der Waals surface area (Å²) in [6, 6.07) is 3.93. The molecule has 1 aliphatic rings. The largest absolute Gasteiger partial charge is 0.464 e. The number of hydrogen-bond donors (Lipinski definition) is 1. The van der Waals surface area contributed by atoms with Crippen molar-refractivity contribution in [2.24, 2.45) is 5.73 Å². The number of thioether (sulfide) groups is 1. The van der Waals surface area contributed by atoms with Crippen LogP contribution in [0.1, 0.15) is 11.5 Å². The molecule has 72 valence electrons. The first kappa shape index (κ1) is 9.12. The summed E-state index contributed by atoms with van der Waals surface area (Å²) >= 11 is 1.88. The van der Waals surface area contributed by atoms with Crippen LogP contribution in [0.5, 0.6) is 0 Å². The summed E-state index contributed by atoms with van der Waals surface area (Å²) in [5, 5.41) is 0.659. The molecule has 0 amide bonds. The highest BCUT2D eigenvalue weighted by molar-refractivity contribution is 7.99. The lowest BCUT2D eigenvalue weighted by atomic mass is 10.4. The van der Waals surface area contributed by atoms with Crippen LogP contribution < -0.4 is 5.73 Å². The van der Waals surface area contributed by atoms with Crippen molar-refractivity contribution in [3.63, 3.8) is 0 Å². The van der Waals surface area contributed by atoms with Crippen molar-refractivity contribution in [2.75, 3.05) is 13.2 Å². The van der Waals surface area contributed by atoms with Crippen LogP contribution in [0.25, 0.3) is 0 Å². The smallest absolute Gasteiger partial charge is 0.117 e. The molecule has 1 fully saturated rings. The third kappa shape index (κ3) is 2.27. The van der Waals surface area contributed by atoms with Crippen LogP contribution in [-0.2, 0) is 17.0 Å². The van der Waals surface area contributed by atoms with Gasteiger partial charge in [-0.25, -0.2) is 0 Å². The number of rotatable bonds is 4. The highest BCUT2D eigenvalue weighted by Gasteiger charge is 2.18. The predicted octanol–water partition coefficient (Wildman–Crippen LogP) is 1.37. The van der Waals surface area contributed by atoms with Gasteiger partial charge in [0.1, 0.15) is 11.5 Å². The summed E-state index contributed by atoms with van der Waals surface area (Å²) in [5.74, 6) is 2.80. The number of hydrogen-bond acceptors (Lipinski definition) is 4. The minimum atomic E-state index is 0.483. The third-order valence-electron chi connectivity index (χ3n) is 1.99. The second-order valence-corrected chi connectivity index (χ2v) is 4.33. The van der Waals surface area contributed by atoms with E-state index in [4.69, 9.17) is 14.9 Å². The fourth-order valence-electron chi connectivity index (χ4n) is 1.12. The Morgan fingerprint density at radius 2 is 2.15 bits per heavy atom. The topological polar surface area (TPSA) is 48.4 Å². The van der Waals surface area contributed by atoms with Gasteiger partial charge in [0.05, 0.1) is 30.8 Å². The molecule has 0 saturated carbocycles. The van der Waals surface area contributed by atoms with E-state index in [1.165, 1.54) is 0 Å². The van der Waals surface area contributed by atoms with Crippen molar-refractivity contribution in [3.8, 4) is 0 Å². The quantitative estimate of drug-likeness (QED) is 0.795. The molecular weight excluding hydrogens is 186 g/mol. The molecule has 13 heavy (non-hydrogen) atoms. The average Bonchev–Trinajstić information content (AvgIpc) is 2.49. The normalized spacial score (nSPS) is 17.3. The van der Waals surface area contributed by atoms with E-state index in [1.54, 1.807) is 0 Å². The van der Waals surface area contributed by atoms with E-state index in [2.05, 4.69) is 0 Å². The van der Waals surface area contributed by atoms with E-state index in [1.807, 2.05) is 23.9 Å². The summed E-state index contributed by atoms with van der Waals surface area (Å²) in [6.07, 6.45) is 0. The molecule has 1 aliphatic heterocycles. The van der Waals surface area contributed by atoms with Crippen LogP contribution in [0.2, 0.25) is 0 Å². The van der Waals surface area contributed by atoms with Gasteiger partial charge in [-0.2, -0.15) is 0 Å². The highest BCUT2D eigenvalue weighted by atomic mass is 32.2. The molecule has 1 aromatic heterocycles. The number of ether oxygens (including phenoxy) is 1. The van der Waals surface area contributed by atoms with Gasteiger partial charge >= 0.3 is 0 Å². The molecule has 0 radical (unpaired) electrons. The Hall–Kier alpha value is -0.450. The second kappa shape index (κ2) is 4.17. The molecule has 3 nitrogen and oxygen atoms in total. The lowest BCUT2D eigenvalue weighted by Gasteiger charge is -2.24.